The number of ether oxygens (including phenoxy) is 2. The molecule has 0 N–H and O–H groups in total. The zero-order valence-electron chi connectivity index (χ0n) is 10.5. The van der Waals surface area contributed by atoms with E-state index >= 15 is 0 Å². The molecule has 4 heteroatoms. The van der Waals surface area contributed by atoms with Crippen LogP contribution in [-0.4, -0.2) is 37.3 Å². The first-order valence-corrected chi connectivity index (χ1v) is 6.46. The molecule has 1 aromatic carbocycles. The Kier molecular flexibility index (Phi) is 4.88. The number of amides is 1. The number of carbonyl (C=O) groups excluding carboxylic acids is 1. The van der Waals surface area contributed by atoms with E-state index < -0.39 is 0 Å². The van der Waals surface area contributed by atoms with Crippen LogP contribution in [0.4, 0.5) is 4.79 Å². The third kappa shape index (κ3) is 3.95. The van der Waals surface area contributed by atoms with Crippen molar-refractivity contribution in [3.63, 3.8) is 0 Å². The third-order valence-electron chi connectivity index (χ3n) is 2.94. The van der Waals surface area contributed by atoms with Crippen molar-refractivity contribution in [3.8, 4) is 5.75 Å². The minimum Gasteiger partial charge on any atom is -0.490 e. The monoisotopic (exact) mass is 249 g/mol. The molecule has 0 aromatic heterocycles. The van der Waals surface area contributed by atoms with Crippen LogP contribution in [0.3, 0.4) is 0 Å². The van der Waals surface area contributed by atoms with Gasteiger partial charge in [-0.25, -0.2) is 4.79 Å². The number of carbonyl (C=O) groups is 1. The summed E-state index contributed by atoms with van der Waals surface area (Å²) in [6.07, 6.45) is 3.15. The van der Waals surface area contributed by atoms with E-state index in [1.54, 1.807) is 4.90 Å². The molecule has 1 heterocycles. The fraction of sp³-hybridized carbons (Fsp3) is 0.500. The molecular formula is C14H19NO3. The normalized spacial score (nSPS) is 15.2. The van der Waals surface area contributed by atoms with Gasteiger partial charge in [-0.3, -0.25) is 0 Å². The summed E-state index contributed by atoms with van der Waals surface area (Å²) in [7, 11) is 0. The number of nitrogens with zero attached hydrogens (tertiary/aromatic N) is 1. The lowest BCUT2D eigenvalue weighted by Crippen LogP contribution is -2.36. The summed E-state index contributed by atoms with van der Waals surface area (Å²) in [6.45, 7) is 2.32. The maximum absolute atomic E-state index is 11.7. The molecule has 1 aliphatic rings. The first-order chi connectivity index (χ1) is 8.86. The van der Waals surface area contributed by atoms with Gasteiger partial charge in [0.1, 0.15) is 19.0 Å². The fourth-order valence-corrected chi connectivity index (χ4v) is 1.97. The molecule has 1 saturated heterocycles. The quantitative estimate of drug-likeness (QED) is 0.770. The van der Waals surface area contributed by atoms with Crippen LogP contribution in [0.5, 0.6) is 5.75 Å². The van der Waals surface area contributed by atoms with Crippen molar-refractivity contribution in [2.45, 2.75) is 19.3 Å². The molecule has 1 amide bonds. The van der Waals surface area contributed by atoms with Crippen LogP contribution < -0.4 is 4.74 Å². The molecule has 0 aliphatic carbocycles. The van der Waals surface area contributed by atoms with Gasteiger partial charge in [0.15, 0.2) is 0 Å². The molecule has 0 atom stereocenters. The first-order valence-electron chi connectivity index (χ1n) is 6.46. The van der Waals surface area contributed by atoms with Gasteiger partial charge < -0.3 is 14.4 Å². The van der Waals surface area contributed by atoms with E-state index in [2.05, 4.69) is 0 Å². The Hall–Kier alpha value is -1.71. The standard InChI is InChI=1S/C14H19NO3/c16-14(15-9-5-2-6-10-15)18-12-11-17-13-7-3-1-4-8-13/h1,3-4,7-8H,2,5-6,9-12H2. The summed E-state index contributed by atoms with van der Waals surface area (Å²) in [5.74, 6) is 0.798. The van der Waals surface area contributed by atoms with Crippen LogP contribution >= 0.6 is 0 Å². The second-order valence-corrected chi connectivity index (χ2v) is 4.32. The van der Waals surface area contributed by atoms with Crippen LogP contribution in [0.25, 0.3) is 0 Å². The molecule has 2 rings (SSSR count). The van der Waals surface area contributed by atoms with Crippen LogP contribution in [0.15, 0.2) is 30.3 Å². The van der Waals surface area contributed by atoms with E-state index in [1.165, 1.54) is 6.42 Å². The van der Waals surface area contributed by atoms with Gasteiger partial charge in [0.25, 0.3) is 0 Å². The number of hydrogen-bond donors (Lipinski definition) is 0. The van der Waals surface area contributed by atoms with E-state index in [9.17, 15) is 4.79 Å². The summed E-state index contributed by atoms with van der Waals surface area (Å²) < 4.78 is 10.6. The largest absolute Gasteiger partial charge is 0.490 e. The molecular weight excluding hydrogens is 230 g/mol. The molecule has 1 aromatic rings. The predicted molar refractivity (Wildman–Crippen MR) is 68.7 cm³/mol. The first kappa shape index (κ1) is 12.7. The molecule has 0 unspecified atom stereocenters. The second-order valence-electron chi connectivity index (χ2n) is 4.32. The molecule has 0 radical (unpaired) electrons. The van der Waals surface area contributed by atoms with Crippen LogP contribution in [0.1, 0.15) is 19.3 Å². The molecule has 1 fully saturated rings. The number of benzene rings is 1. The summed E-state index contributed by atoms with van der Waals surface area (Å²) in [5, 5.41) is 0. The third-order valence-corrected chi connectivity index (χ3v) is 2.94. The lowest BCUT2D eigenvalue weighted by Gasteiger charge is -2.25. The Morgan fingerprint density at radius 3 is 2.50 bits per heavy atom. The number of likely N-dealkylation sites (tertiary alicyclic amines) is 1. The highest BCUT2D eigenvalue weighted by atomic mass is 16.6. The van der Waals surface area contributed by atoms with Crippen molar-refractivity contribution in [1.82, 2.24) is 4.90 Å². The van der Waals surface area contributed by atoms with Crippen molar-refractivity contribution in [1.29, 1.82) is 0 Å². The Morgan fingerprint density at radius 1 is 1.06 bits per heavy atom. The van der Waals surface area contributed by atoms with Crippen molar-refractivity contribution < 1.29 is 14.3 Å². The van der Waals surface area contributed by atoms with Crippen molar-refractivity contribution in [3.05, 3.63) is 30.3 Å². The summed E-state index contributed by atoms with van der Waals surface area (Å²) in [4.78, 5) is 13.4. The summed E-state index contributed by atoms with van der Waals surface area (Å²) in [5.41, 5.74) is 0. The average Bonchev–Trinajstić information content (AvgIpc) is 2.45. The van der Waals surface area contributed by atoms with Gasteiger partial charge in [-0.05, 0) is 31.4 Å². The number of hydrogen-bond acceptors (Lipinski definition) is 3. The molecule has 0 saturated carbocycles. The summed E-state index contributed by atoms with van der Waals surface area (Å²) >= 11 is 0. The van der Waals surface area contributed by atoms with Crippen LogP contribution in [-0.2, 0) is 4.74 Å². The number of para-hydroxylation sites is 1. The molecule has 4 nitrogen and oxygen atoms in total. The van der Waals surface area contributed by atoms with Gasteiger partial charge in [0.05, 0.1) is 0 Å². The second kappa shape index (κ2) is 6.89. The Balaban J connectivity index is 1.61. The highest BCUT2D eigenvalue weighted by molar-refractivity contribution is 5.67. The zero-order valence-corrected chi connectivity index (χ0v) is 10.5. The molecule has 1 aliphatic heterocycles. The lowest BCUT2D eigenvalue weighted by atomic mass is 10.1. The van der Waals surface area contributed by atoms with E-state index in [0.29, 0.717) is 13.2 Å². The van der Waals surface area contributed by atoms with Gasteiger partial charge in [-0.2, -0.15) is 0 Å². The number of piperidine rings is 1. The number of rotatable bonds is 4. The van der Waals surface area contributed by atoms with E-state index in [4.69, 9.17) is 9.47 Å². The molecule has 98 valence electrons. The molecule has 0 bridgehead atoms. The van der Waals surface area contributed by atoms with Gasteiger partial charge in [-0.15, -0.1) is 0 Å². The van der Waals surface area contributed by atoms with Crippen molar-refractivity contribution >= 4 is 6.09 Å². The highest BCUT2D eigenvalue weighted by Crippen LogP contribution is 2.10. The van der Waals surface area contributed by atoms with Crippen LogP contribution in [0.2, 0.25) is 0 Å². The summed E-state index contributed by atoms with van der Waals surface area (Å²) in [6, 6.07) is 9.52. The lowest BCUT2D eigenvalue weighted by molar-refractivity contribution is 0.0824. The fourth-order valence-electron chi connectivity index (χ4n) is 1.97. The Labute approximate surface area is 107 Å². The minimum atomic E-state index is -0.216. The van der Waals surface area contributed by atoms with Gasteiger partial charge >= 0.3 is 6.09 Å². The highest BCUT2D eigenvalue weighted by Gasteiger charge is 2.17. The Bertz CT molecular complexity index is 361. The Morgan fingerprint density at radius 2 is 1.78 bits per heavy atom. The maximum atomic E-state index is 11.7. The van der Waals surface area contributed by atoms with E-state index in [0.717, 1.165) is 31.7 Å². The van der Waals surface area contributed by atoms with Crippen molar-refractivity contribution in [2.75, 3.05) is 26.3 Å². The van der Waals surface area contributed by atoms with E-state index in [1.807, 2.05) is 30.3 Å². The minimum absolute atomic E-state index is 0.216. The molecule has 0 spiro atoms. The smallest absolute Gasteiger partial charge is 0.409 e. The van der Waals surface area contributed by atoms with Gasteiger partial charge in [0, 0.05) is 13.1 Å². The SMILES string of the molecule is O=C(OCCOc1ccccc1)N1CCCCC1. The molecule has 18 heavy (non-hydrogen) atoms. The van der Waals surface area contributed by atoms with Gasteiger partial charge in [0.2, 0.25) is 0 Å². The van der Waals surface area contributed by atoms with Crippen LogP contribution in [0, 0.1) is 0 Å². The average molecular weight is 249 g/mol. The van der Waals surface area contributed by atoms with E-state index in [-0.39, 0.29) is 6.09 Å². The predicted octanol–water partition coefficient (Wildman–Crippen LogP) is 2.69. The maximum Gasteiger partial charge on any atom is 0.409 e. The zero-order chi connectivity index (χ0) is 12.6. The van der Waals surface area contributed by atoms with Crippen molar-refractivity contribution in [2.24, 2.45) is 0 Å². The van der Waals surface area contributed by atoms with Gasteiger partial charge in [-0.1, -0.05) is 18.2 Å². The topological polar surface area (TPSA) is 38.8 Å².